The van der Waals surface area contributed by atoms with E-state index < -0.39 is 0 Å². The molecule has 1 heterocycles. The predicted molar refractivity (Wildman–Crippen MR) is 52.3 cm³/mol. The lowest BCUT2D eigenvalue weighted by molar-refractivity contribution is -0.112. The highest BCUT2D eigenvalue weighted by Crippen LogP contribution is 2.32. The molecular weight excluding hydrogens is 180 g/mol. The Morgan fingerprint density at radius 1 is 1.36 bits per heavy atom. The molecule has 0 atom stereocenters. The molecule has 72 valence electrons. The smallest absolute Gasteiger partial charge is 0.231 e. The first-order valence-electron chi connectivity index (χ1n) is 4.34. The Labute approximate surface area is 81.9 Å². The third-order valence-corrected chi connectivity index (χ3v) is 1.91. The van der Waals surface area contributed by atoms with E-state index in [0.717, 1.165) is 17.1 Å². The Morgan fingerprint density at radius 3 is 2.93 bits per heavy atom. The standard InChI is InChI=1S/C11H10O3/c1-8(12)2-3-9-4-5-10-11(6-9)14-7-13-10/h2-6H,7H2,1H3/b3-2+. The van der Waals surface area contributed by atoms with E-state index in [1.54, 1.807) is 6.08 Å². The van der Waals surface area contributed by atoms with E-state index in [2.05, 4.69) is 0 Å². The average Bonchev–Trinajstić information content (AvgIpc) is 2.61. The van der Waals surface area contributed by atoms with E-state index in [1.807, 2.05) is 18.2 Å². The van der Waals surface area contributed by atoms with Gasteiger partial charge in [-0.2, -0.15) is 0 Å². The van der Waals surface area contributed by atoms with Gasteiger partial charge in [-0.3, -0.25) is 4.79 Å². The molecule has 0 radical (unpaired) electrons. The van der Waals surface area contributed by atoms with Crippen molar-refractivity contribution < 1.29 is 14.3 Å². The summed E-state index contributed by atoms with van der Waals surface area (Å²) in [5.41, 5.74) is 0.935. The molecule has 0 unspecified atom stereocenters. The van der Waals surface area contributed by atoms with Gasteiger partial charge in [-0.15, -0.1) is 0 Å². The van der Waals surface area contributed by atoms with Crippen molar-refractivity contribution in [3.05, 3.63) is 29.8 Å². The van der Waals surface area contributed by atoms with E-state index in [4.69, 9.17) is 9.47 Å². The summed E-state index contributed by atoms with van der Waals surface area (Å²) in [5.74, 6) is 1.52. The third kappa shape index (κ3) is 1.76. The highest BCUT2D eigenvalue weighted by Gasteiger charge is 2.11. The van der Waals surface area contributed by atoms with Crippen LogP contribution >= 0.6 is 0 Å². The average molecular weight is 190 g/mol. The first-order chi connectivity index (χ1) is 6.75. The lowest BCUT2D eigenvalue weighted by Gasteiger charge is -1.96. The molecule has 1 aliphatic rings. The van der Waals surface area contributed by atoms with Gasteiger partial charge >= 0.3 is 0 Å². The van der Waals surface area contributed by atoms with Gasteiger partial charge in [-0.1, -0.05) is 12.1 Å². The van der Waals surface area contributed by atoms with Gasteiger partial charge < -0.3 is 9.47 Å². The fourth-order valence-electron chi connectivity index (χ4n) is 1.23. The molecule has 0 aromatic heterocycles. The number of fused-ring (bicyclic) bond motifs is 1. The number of ketones is 1. The van der Waals surface area contributed by atoms with Crippen LogP contribution in [0.3, 0.4) is 0 Å². The fourth-order valence-corrected chi connectivity index (χ4v) is 1.23. The van der Waals surface area contributed by atoms with Gasteiger partial charge in [0.2, 0.25) is 6.79 Å². The van der Waals surface area contributed by atoms with Crippen LogP contribution in [0.4, 0.5) is 0 Å². The van der Waals surface area contributed by atoms with Crippen LogP contribution in [0.25, 0.3) is 6.08 Å². The van der Waals surface area contributed by atoms with Crippen LogP contribution in [0.2, 0.25) is 0 Å². The topological polar surface area (TPSA) is 35.5 Å². The van der Waals surface area contributed by atoms with Crippen molar-refractivity contribution in [3.63, 3.8) is 0 Å². The predicted octanol–water partition coefficient (Wildman–Crippen LogP) is 2.02. The van der Waals surface area contributed by atoms with Crippen LogP contribution in [0.5, 0.6) is 11.5 Å². The van der Waals surface area contributed by atoms with Crippen molar-refractivity contribution >= 4 is 11.9 Å². The molecule has 0 fully saturated rings. The number of hydrogen-bond donors (Lipinski definition) is 0. The SMILES string of the molecule is CC(=O)/C=C/c1ccc2c(c1)OCO2. The van der Waals surface area contributed by atoms with Crippen LogP contribution in [0.15, 0.2) is 24.3 Å². The van der Waals surface area contributed by atoms with Gasteiger partial charge in [0.15, 0.2) is 17.3 Å². The summed E-state index contributed by atoms with van der Waals surface area (Å²) >= 11 is 0. The Kier molecular flexibility index (Phi) is 2.23. The zero-order chi connectivity index (χ0) is 9.97. The summed E-state index contributed by atoms with van der Waals surface area (Å²) in [4.78, 5) is 10.7. The number of allylic oxidation sites excluding steroid dienone is 1. The van der Waals surface area contributed by atoms with Crippen molar-refractivity contribution in [2.75, 3.05) is 6.79 Å². The largest absolute Gasteiger partial charge is 0.454 e. The monoisotopic (exact) mass is 190 g/mol. The highest BCUT2D eigenvalue weighted by molar-refractivity contribution is 5.91. The second-order valence-electron chi connectivity index (χ2n) is 3.06. The molecular formula is C11H10O3. The molecule has 2 rings (SSSR count). The summed E-state index contributed by atoms with van der Waals surface area (Å²) in [6.07, 6.45) is 3.28. The molecule has 0 saturated heterocycles. The second kappa shape index (κ2) is 3.54. The summed E-state index contributed by atoms with van der Waals surface area (Å²) in [6.45, 7) is 1.79. The van der Waals surface area contributed by atoms with Crippen LogP contribution in [0.1, 0.15) is 12.5 Å². The van der Waals surface area contributed by atoms with Gasteiger partial charge in [0, 0.05) is 0 Å². The zero-order valence-electron chi connectivity index (χ0n) is 7.82. The van der Waals surface area contributed by atoms with Gasteiger partial charge in [-0.25, -0.2) is 0 Å². The second-order valence-corrected chi connectivity index (χ2v) is 3.06. The van der Waals surface area contributed by atoms with Gasteiger partial charge in [0.25, 0.3) is 0 Å². The van der Waals surface area contributed by atoms with Gasteiger partial charge in [-0.05, 0) is 30.7 Å². The minimum atomic E-state index is 0.0302. The van der Waals surface area contributed by atoms with Crippen molar-refractivity contribution in [1.29, 1.82) is 0 Å². The molecule has 14 heavy (non-hydrogen) atoms. The first-order valence-corrected chi connectivity index (χ1v) is 4.34. The summed E-state index contributed by atoms with van der Waals surface area (Å²) in [6, 6.07) is 5.57. The number of carbonyl (C=O) groups is 1. The summed E-state index contributed by atoms with van der Waals surface area (Å²) in [7, 11) is 0. The Bertz CT molecular complexity index is 394. The maximum Gasteiger partial charge on any atom is 0.231 e. The highest BCUT2D eigenvalue weighted by atomic mass is 16.7. The van der Waals surface area contributed by atoms with E-state index in [-0.39, 0.29) is 12.6 Å². The van der Waals surface area contributed by atoms with Crippen LogP contribution < -0.4 is 9.47 Å². The Morgan fingerprint density at radius 2 is 2.14 bits per heavy atom. The first kappa shape index (κ1) is 8.81. The number of benzene rings is 1. The molecule has 0 aliphatic carbocycles. The van der Waals surface area contributed by atoms with Crippen molar-refractivity contribution in [1.82, 2.24) is 0 Å². The lowest BCUT2D eigenvalue weighted by atomic mass is 10.2. The minimum absolute atomic E-state index is 0.0302. The van der Waals surface area contributed by atoms with Crippen molar-refractivity contribution in [3.8, 4) is 11.5 Å². The Hall–Kier alpha value is -1.77. The van der Waals surface area contributed by atoms with Crippen LogP contribution in [0, 0.1) is 0 Å². The van der Waals surface area contributed by atoms with E-state index in [9.17, 15) is 4.79 Å². The molecule has 3 heteroatoms. The normalized spacial score (nSPS) is 13.5. The van der Waals surface area contributed by atoms with Crippen LogP contribution in [-0.2, 0) is 4.79 Å². The van der Waals surface area contributed by atoms with E-state index in [1.165, 1.54) is 13.0 Å². The van der Waals surface area contributed by atoms with Crippen molar-refractivity contribution in [2.24, 2.45) is 0 Å². The zero-order valence-corrected chi connectivity index (χ0v) is 7.82. The third-order valence-electron chi connectivity index (χ3n) is 1.91. The number of carbonyl (C=O) groups excluding carboxylic acids is 1. The molecule has 3 nitrogen and oxygen atoms in total. The molecule has 0 spiro atoms. The van der Waals surface area contributed by atoms with Gasteiger partial charge in [0.05, 0.1) is 0 Å². The van der Waals surface area contributed by atoms with Crippen molar-refractivity contribution in [2.45, 2.75) is 6.92 Å². The molecule has 0 N–H and O–H groups in total. The number of ether oxygens (including phenoxy) is 2. The lowest BCUT2D eigenvalue weighted by Crippen LogP contribution is -1.92. The maximum atomic E-state index is 10.7. The molecule has 1 aromatic carbocycles. The summed E-state index contributed by atoms with van der Waals surface area (Å²) in [5, 5.41) is 0. The fraction of sp³-hybridized carbons (Fsp3) is 0.182. The molecule has 0 saturated carbocycles. The molecule has 1 aromatic rings. The van der Waals surface area contributed by atoms with E-state index >= 15 is 0 Å². The van der Waals surface area contributed by atoms with Gasteiger partial charge in [0.1, 0.15) is 0 Å². The summed E-state index contributed by atoms with van der Waals surface area (Å²) < 4.78 is 10.4. The molecule has 1 aliphatic heterocycles. The van der Waals surface area contributed by atoms with E-state index in [0.29, 0.717) is 0 Å². The molecule has 0 amide bonds. The quantitative estimate of drug-likeness (QED) is 0.669. The number of hydrogen-bond acceptors (Lipinski definition) is 3. The maximum absolute atomic E-state index is 10.7. The molecule has 0 bridgehead atoms. The minimum Gasteiger partial charge on any atom is -0.454 e. The Balaban J connectivity index is 2.25. The number of rotatable bonds is 2. The van der Waals surface area contributed by atoms with Crippen LogP contribution in [-0.4, -0.2) is 12.6 Å².